The normalized spacial score (nSPS) is 7.82. The van der Waals surface area contributed by atoms with Gasteiger partial charge in [0.25, 0.3) is 0 Å². The topological polar surface area (TPSA) is 43.4 Å². The van der Waals surface area contributed by atoms with Crippen molar-refractivity contribution in [1.29, 1.82) is 0 Å². The van der Waals surface area contributed by atoms with Gasteiger partial charge in [-0.2, -0.15) is 0 Å². The maximum absolute atomic E-state index is 10.5. The van der Waals surface area contributed by atoms with E-state index in [2.05, 4.69) is 11.3 Å². The standard InChI is InChI=1S/C6H7ClO3.Mg.2H/c1-4(2)6(9)10-5(8)3-7;;;/h1,3H2,2H3;;;/q;+2;2*-1. The van der Waals surface area contributed by atoms with Crippen molar-refractivity contribution in [2.45, 2.75) is 6.92 Å². The Kier molecular flexibility index (Phi) is 8.15. The third-order valence-electron chi connectivity index (χ3n) is 0.664. The Morgan fingerprint density at radius 2 is 2.09 bits per heavy atom. The molecule has 0 aliphatic carbocycles. The summed E-state index contributed by atoms with van der Waals surface area (Å²) in [7, 11) is 0. The number of carbonyl (C=O) groups is 2. The summed E-state index contributed by atoms with van der Waals surface area (Å²) in [6.07, 6.45) is 0. The molecule has 5 heteroatoms. The summed E-state index contributed by atoms with van der Waals surface area (Å²) >= 11 is 5.04. The fourth-order valence-electron chi connectivity index (χ4n) is 0.218. The molecule has 0 saturated heterocycles. The molecular formula is C6H9ClMgO3. The Morgan fingerprint density at radius 3 is 2.36 bits per heavy atom. The minimum absolute atomic E-state index is 0. The van der Waals surface area contributed by atoms with Crippen molar-refractivity contribution >= 4 is 46.6 Å². The molecule has 0 N–H and O–H groups in total. The molecule has 0 saturated carbocycles. The van der Waals surface area contributed by atoms with E-state index < -0.39 is 11.9 Å². The van der Waals surface area contributed by atoms with Crippen molar-refractivity contribution in [2.24, 2.45) is 0 Å². The van der Waals surface area contributed by atoms with Gasteiger partial charge in [0.05, 0.1) is 0 Å². The van der Waals surface area contributed by atoms with Gasteiger partial charge in [-0.1, -0.05) is 6.58 Å². The largest absolute Gasteiger partial charge is 2.00 e. The number of carbonyl (C=O) groups excluding carboxylic acids is 2. The van der Waals surface area contributed by atoms with E-state index in [9.17, 15) is 9.59 Å². The van der Waals surface area contributed by atoms with Crippen molar-refractivity contribution < 1.29 is 17.2 Å². The molecule has 11 heavy (non-hydrogen) atoms. The Morgan fingerprint density at radius 1 is 1.64 bits per heavy atom. The smallest absolute Gasteiger partial charge is 1.00 e. The van der Waals surface area contributed by atoms with Crippen LogP contribution in [0.1, 0.15) is 9.78 Å². The number of esters is 2. The minimum Gasteiger partial charge on any atom is -1.00 e. The van der Waals surface area contributed by atoms with E-state index >= 15 is 0 Å². The number of hydrogen-bond acceptors (Lipinski definition) is 3. The van der Waals surface area contributed by atoms with Crippen molar-refractivity contribution in [1.82, 2.24) is 0 Å². The van der Waals surface area contributed by atoms with E-state index in [-0.39, 0.29) is 37.4 Å². The number of hydrogen-bond donors (Lipinski definition) is 0. The molecule has 0 aliphatic heterocycles. The molecule has 0 bridgehead atoms. The van der Waals surface area contributed by atoms with Crippen molar-refractivity contribution in [3.8, 4) is 0 Å². The molecule has 0 aromatic carbocycles. The summed E-state index contributed by atoms with van der Waals surface area (Å²) in [5.74, 6) is -1.81. The summed E-state index contributed by atoms with van der Waals surface area (Å²) < 4.78 is 4.15. The molecule has 0 unspecified atom stereocenters. The average Bonchev–Trinajstić information content (AvgIpc) is 1.87. The molecule has 0 aromatic heterocycles. The van der Waals surface area contributed by atoms with Gasteiger partial charge in [-0.25, -0.2) is 4.79 Å². The maximum Gasteiger partial charge on any atom is 2.00 e. The van der Waals surface area contributed by atoms with Crippen LogP contribution in [-0.4, -0.2) is 40.9 Å². The third kappa shape index (κ3) is 6.34. The predicted molar refractivity (Wildman–Crippen MR) is 44.6 cm³/mol. The molecule has 60 valence electrons. The molecule has 0 amide bonds. The number of alkyl halides is 1. The van der Waals surface area contributed by atoms with Crippen LogP contribution in [-0.2, 0) is 14.3 Å². The quantitative estimate of drug-likeness (QED) is 0.211. The van der Waals surface area contributed by atoms with Gasteiger partial charge < -0.3 is 7.59 Å². The van der Waals surface area contributed by atoms with Gasteiger partial charge in [0.2, 0.25) is 0 Å². The third-order valence-corrected chi connectivity index (χ3v) is 0.882. The van der Waals surface area contributed by atoms with Gasteiger partial charge in [-0.3, -0.25) is 4.79 Å². The van der Waals surface area contributed by atoms with Crippen molar-refractivity contribution in [3.63, 3.8) is 0 Å². The van der Waals surface area contributed by atoms with Gasteiger partial charge in [0, 0.05) is 5.57 Å². The summed E-state index contributed by atoms with van der Waals surface area (Å²) in [6.45, 7) is 4.72. The first-order valence-electron chi connectivity index (χ1n) is 2.54. The van der Waals surface area contributed by atoms with Crippen LogP contribution in [0.5, 0.6) is 0 Å². The van der Waals surface area contributed by atoms with Crippen LogP contribution in [0.15, 0.2) is 12.2 Å². The van der Waals surface area contributed by atoms with Crippen LogP contribution < -0.4 is 0 Å². The van der Waals surface area contributed by atoms with Crippen molar-refractivity contribution in [3.05, 3.63) is 12.2 Å². The minimum atomic E-state index is -0.755. The monoisotopic (exact) mass is 188 g/mol. The second kappa shape index (κ2) is 6.63. The number of halogens is 1. The zero-order valence-electron chi connectivity index (χ0n) is 8.22. The first-order valence-corrected chi connectivity index (χ1v) is 3.08. The van der Waals surface area contributed by atoms with Crippen LogP contribution in [0, 0.1) is 0 Å². The number of ether oxygens (including phenoxy) is 1. The second-order valence-corrected chi connectivity index (χ2v) is 1.94. The second-order valence-electron chi connectivity index (χ2n) is 1.68. The summed E-state index contributed by atoms with van der Waals surface area (Å²) in [5.41, 5.74) is 0.179. The van der Waals surface area contributed by atoms with Gasteiger partial charge >= 0.3 is 35.0 Å². The fraction of sp³-hybridized carbons (Fsp3) is 0.333. The SMILES string of the molecule is C=C(C)C(=O)OC(=O)CCl.[H-].[H-].[Mg+2]. The van der Waals surface area contributed by atoms with Crippen LogP contribution in [0.2, 0.25) is 0 Å². The maximum atomic E-state index is 10.5. The predicted octanol–water partition coefficient (Wildman–Crippen LogP) is 0.715. The van der Waals surface area contributed by atoms with Crippen LogP contribution >= 0.6 is 11.6 Å². The molecule has 0 heterocycles. The Bertz CT molecular complexity index is 187. The van der Waals surface area contributed by atoms with E-state index in [0.29, 0.717) is 0 Å². The Balaban J connectivity index is -0.000000135. The van der Waals surface area contributed by atoms with Crippen LogP contribution in [0.4, 0.5) is 0 Å². The van der Waals surface area contributed by atoms with Gasteiger partial charge in [-0.05, 0) is 6.92 Å². The van der Waals surface area contributed by atoms with Crippen LogP contribution in [0.25, 0.3) is 0 Å². The zero-order valence-corrected chi connectivity index (χ0v) is 8.39. The fourth-order valence-corrected chi connectivity index (χ4v) is 0.272. The molecule has 0 atom stereocenters. The van der Waals surface area contributed by atoms with Gasteiger partial charge in [0.15, 0.2) is 0 Å². The molecule has 0 aliphatic rings. The molecule has 0 aromatic rings. The van der Waals surface area contributed by atoms with E-state index in [1.165, 1.54) is 6.92 Å². The van der Waals surface area contributed by atoms with E-state index in [1.54, 1.807) is 0 Å². The zero-order chi connectivity index (χ0) is 8.15. The Hall–Kier alpha value is -0.0638. The van der Waals surface area contributed by atoms with Crippen molar-refractivity contribution in [2.75, 3.05) is 5.88 Å². The summed E-state index contributed by atoms with van der Waals surface area (Å²) in [4.78, 5) is 20.8. The van der Waals surface area contributed by atoms with E-state index in [1.807, 2.05) is 0 Å². The number of rotatable bonds is 2. The summed E-state index contributed by atoms with van der Waals surface area (Å²) in [5, 5.41) is 0. The van der Waals surface area contributed by atoms with E-state index in [4.69, 9.17) is 11.6 Å². The van der Waals surface area contributed by atoms with E-state index in [0.717, 1.165) is 0 Å². The first-order chi connectivity index (χ1) is 4.57. The molecule has 0 spiro atoms. The van der Waals surface area contributed by atoms with Gasteiger partial charge in [-0.15, -0.1) is 11.6 Å². The molecular weight excluding hydrogens is 180 g/mol. The summed E-state index contributed by atoms with van der Waals surface area (Å²) in [6, 6.07) is 0. The molecule has 0 fully saturated rings. The first kappa shape index (κ1) is 13.5. The molecule has 0 rings (SSSR count). The Labute approximate surface area is 88.9 Å². The van der Waals surface area contributed by atoms with Gasteiger partial charge in [0.1, 0.15) is 5.88 Å². The van der Waals surface area contributed by atoms with Crippen LogP contribution in [0.3, 0.4) is 0 Å². The molecule has 3 nitrogen and oxygen atoms in total. The molecule has 0 radical (unpaired) electrons. The average molecular weight is 189 g/mol.